The number of rotatable bonds is 3. The van der Waals surface area contributed by atoms with Crippen LogP contribution in [0.4, 0.5) is 5.69 Å². The van der Waals surface area contributed by atoms with E-state index < -0.39 is 5.97 Å². The number of carbonyl (C=O) groups excluding carboxylic acids is 2. The molecule has 7 heteroatoms. The molecule has 1 N–H and O–H groups in total. The molecule has 0 saturated carbocycles. The number of hydrogen-bond donors (Lipinski definition) is 1. The van der Waals surface area contributed by atoms with Crippen LogP contribution in [-0.4, -0.2) is 24.0 Å². The Kier molecular flexibility index (Phi) is 4.93. The van der Waals surface area contributed by atoms with Gasteiger partial charge in [-0.1, -0.05) is 11.6 Å². The molecule has 0 unspecified atom stereocenters. The molecule has 0 aliphatic carbocycles. The van der Waals surface area contributed by atoms with Crippen molar-refractivity contribution in [3.05, 3.63) is 57.3 Å². The Morgan fingerprint density at radius 3 is 2.71 bits per heavy atom. The first-order valence-electron chi connectivity index (χ1n) is 5.81. The van der Waals surface area contributed by atoms with Gasteiger partial charge in [-0.05, 0) is 40.2 Å². The van der Waals surface area contributed by atoms with Crippen LogP contribution in [0.25, 0.3) is 0 Å². The lowest BCUT2D eigenvalue weighted by molar-refractivity contribution is 0.0600. The predicted octanol–water partition coefficient (Wildman–Crippen LogP) is 3.54. The number of aromatic nitrogens is 1. The largest absolute Gasteiger partial charge is 0.465 e. The summed E-state index contributed by atoms with van der Waals surface area (Å²) >= 11 is 9.16. The lowest BCUT2D eigenvalue weighted by atomic mass is 10.2. The minimum atomic E-state index is -0.569. The number of ether oxygens (including phenoxy) is 1. The van der Waals surface area contributed by atoms with Gasteiger partial charge in [0.05, 0.1) is 23.3 Å². The van der Waals surface area contributed by atoms with Gasteiger partial charge in [-0.2, -0.15) is 0 Å². The monoisotopic (exact) mass is 368 g/mol. The molecule has 0 atom stereocenters. The van der Waals surface area contributed by atoms with Crippen molar-refractivity contribution < 1.29 is 14.3 Å². The Morgan fingerprint density at radius 1 is 1.29 bits per heavy atom. The molecule has 0 bridgehead atoms. The van der Waals surface area contributed by atoms with Gasteiger partial charge in [-0.3, -0.25) is 9.78 Å². The van der Waals surface area contributed by atoms with E-state index in [1.54, 1.807) is 18.3 Å². The molecule has 0 aliphatic rings. The van der Waals surface area contributed by atoms with E-state index in [4.69, 9.17) is 11.6 Å². The molecule has 0 radical (unpaired) electrons. The van der Waals surface area contributed by atoms with Gasteiger partial charge >= 0.3 is 5.97 Å². The summed E-state index contributed by atoms with van der Waals surface area (Å²) in [7, 11) is 1.26. The molecular formula is C14H10BrClN2O3. The fourth-order valence-corrected chi connectivity index (χ4v) is 2.17. The minimum Gasteiger partial charge on any atom is -0.465 e. The second kappa shape index (κ2) is 6.69. The van der Waals surface area contributed by atoms with E-state index in [9.17, 15) is 9.59 Å². The van der Waals surface area contributed by atoms with Crippen LogP contribution in [0.15, 0.2) is 41.1 Å². The summed E-state index contributed by atoms with van der Waals surface area (Å²) in [6.45, 7) is 0. The molecule has 2 rings (SSSR count). The maximum absolute atomic E-state index is 12.1. The SMILES string of the molecule is COC(=O)c1cc(NC(=O)c2cncc(Br)c2)ccc1Cl. The molecule has 1 amide bonds. The highest BCUT2D eigenvalue weighted by Crippen LogP contribution is 2.22. The van der Waals surface area contributed by atoms with E-state index in [0.29, 0.717) is 15.7 Å². The maximum Gasteiger partial charge on any atom is 0.339 e. The summed E-state index contributed by atoms with van der Waals surface area (Å²) in [5.74, 6) is -0.915. The van der Waals surface area contributed by atoms with Crippen LogP contribution in [0.3, 0.4) is 0 Å². The highest BCUT2D eigenvalue weighted by atomic mass is 79.9. The summed E-state index contributed by atoms with van der Waals surface area (Å²) in [5.41, 5.74) is 1.01. The van der Waals surface area contributed by atoms with Gasteiger partial charge in [0.15, 0.2) is 0 Å². The first kappa shape index (κ1) is 15.5. The Hall–Kier alpha value is -1.92. The normalized spacial score (nSPS) is 10.0. The Balaban J connectivity index is 2.24. The smallest absolute Gasteiger partial charge is 0.339 e. The van der Waals surface area contributed by atoms with Gasteiger partial charge in [0.1, 0.15) is 0 Å². The second-order valence-electron chi connectivity index (χ2n) is 4.03. The molecule has 21 heavy (non-hydrogen) atoms. The molecular weight excluding hydrogens is 360 g/mol. The van der Waals surface area contributed by atoms with Crippen LogP contribution in [0, 0.1) is 0 Å². The zero-order valence-corrected chi connectivity index (χ0v) is 13.2. The van der Waals surface area contributed by atoms with E-state index in [-0.39, 0.29) is 16.5 Å². The van der Waals surface area contributed by atoms with Gasteiger partial charge < -0.3 is 10.1 Å². The van der Waals surface area contributed by atoms with Crippen LogP contribution >= 0.6 is 27.5 Å². The van der Waals surface area contributed by atoms with Crippen molar-refractivity contribution in [2.75, 3.05) is 12.4 Å². The number of methoxy groups -OCH3 is 1. The van der Waals surface area contributed by atoms with Gasteiger partial charge in [0, 0.05) is 22.6 Å². The molecule has 2 aromatic rings. The zero-order valence-electron chi connectivity index (χ0n) is 10.9. The summed E-state index contributed by atoms with van der Waals surface area (Å²) in [6.07, 6.45) is 3.02. The van der Waals surface area contributed by atoms with Crippen LogP contribution < -0.4 is 5.32 Å². The van der Waals surface area contributed by atoms with E-state index >= 15 is 0 Å². The molecule has 0 fully saturated rings. The predicted molar refractivity (Wildman–Crippen MR) is 82.7 cm³/mol. The topological polar surface area (TPSA) is 68.3 Å². The van der Waals surface area contributed by atoms with E-state index in [1.807, 2.05) is 0 Å². The third-order valence-electron chi connectivity index (χ3n) is 2.60. The Labute approximate surface area is 134 Å². The lowest BCUT2D eigenvalue weighted by Crippen LogP contribution is -2.13. The van der Waals surface area contributed by atoms with E-state index in [1.165, 1.54) is 25.4 Å². The van der Waals surface area contributed by atoms with Crippen molar-refractivity contribution in [3.63, 3.8) is 0 Å². The van der Waals surface area contributed by atoms with Crippen molar-refractivity contribution in [2.24, 2.45) is 0 Å². The number of carbonyl (C=O) groups is 2. The molecule has 1 aromatic heterocycles. The van der Waals surface area contributed by atoms with Gasteiger partial charge in [-0.25, -0.2) is 4.79 Å². The molecule has 0 aliphatic heterocycles. The van der Waals surface area contributed by atoms with Crippen molar-refractivity contribution in [1.82, 2.24) is 4.98 Å². The Bertz CT molecular complexity index is 706. The number of nitrogens with zero attached hydrogens (tertiary/aromatic N) is 1. The quantitative estimate of drug-likeness (QED) is 0.840. The number of nitrogens with one attached hydrogen (secondary N) is 1. The van der Waals surface area contributed by atoms with Gasteiger partial charge in [0.2, 0.25) is 0 Å². The minimum absolute atomic E-state index is 0.185. The van der Waals surface area contributed by atoms with Crippen LogP contribution in [0.1, 0.15) is 20.7 Å². The highest BCUT2D eigenvalue weighted by Gasteiger charge is 2.13. The summed E-state index contributed by atoms with van der Waals surface area (Å²) in [5, 5.41) is 2.92. The number of anilines is 1. The van der Waals surface area contributed by atoms with Crippen molar-refractivity contribution >= 4 is 45.1 Å². The number of esters is 1. The second-order valence-corrected chi connectivity index (χ2v) is 5.36. The standard InChI is InChI=1S/C14H10BrClN2O3/c1-21-14(20)11-5-10(2-3-12(11)16)18-13(19)8-4-9(15)7-17-6-8/h2-7H,1H3,(H,18,19). The van der Waals surface area contributed by atoms with E-state index in [0.717, 1.165) is 0 Å². The highest BCUT2D eigenvalue weighted by molar-refractivity contribution is 9.10. The first-order chi connectivity index (χ1) is 10.0. The third kappa shape index (κ3) is 3.80. The number of benzene rings is 1. The van der Waals surface area contributed by atoms with Gasteiger partial charge in [0.25, 0.3) is 5.91 Å². The average molecular weight is 370 g/mol. The van der Waals surface area contributed by atoms with Gasteiger partial charge in [-0.15, -0.1) is 0 Å². The van der Waals surface area contributed by atoms with Crippen molar-refractivity contribution in [3.8, 4) is 0 Å². The third-order valence-corrected chi connectivity index (χ3v) is 3.36. The molecule has 1 aromatic carbocycles. The van der Waals surface area contributed by atoms with Crippen LogP contribution in [0.5, 0.6) is 0 Å². The molecule has 5 nitrogen and oxygen atoms in total. The van der Waals surface area contributed by atoms with E-state index in [2.05, 4.69) is 31.0 Å². The summed E-state index contributed by atoms with van der Waals surface area (Å²) < 4.78 is 5.32. The molecule has 108 valence electrons. The number of pyridine rings is 1. The number of hydrogen-bond acceptors (Lipinski definition) is 4. The zero-order chi connectivity index (χ0) is 15.4. The van der Waals surface area contributed by atoms with Crippen LogP contribution in [-0.2, 0) is 4.74 Å². The fourth-order valence-electron chi connectivity index (χ4n) is 1.61. The van der Waals surface area contributed by atoms with Crippen molar-refractivity contribution in [1.29, 1.82) is 0 Å². The summed E-state index contributed by atoms with van der Waals surface area (Å²) in [6, 6.07) is 6.21. The summed E-state index contributed by atoms with van der Waals surface area (Å²) in [4.78, 5) is 27.5. The molecule has 0 spiro atoms. The number of halogens is 2. The molecule has 1 heterocycles. The average Bonchev–Trinajstić information content (AvgIpc) is 2.48. The fraction of sp³-hybridized carbons (Fsp3) is 0.0714. The van der Waals surface area contributed by atoms with Crippen molar-refractivity contribution in [2.45, 2.75) is 0 Å². The number of amides is 1. The van der Waals surface area contributed by atoms with Crippen LogP contribution in [0.2, 0.25) is 5.02 Å². The maximum atomic E-state index is 12.1. The lowest BCUT2D eigenvalue weighted by Gasteiger charge is -2.08. The molecule has 0 saturated heterocycles. The first-order valence-corrected chi connectivity index (χ1v) is 6.98. The Morgan fingerprint density at radius 2 is 2.05 bits per heavy atom.